The van der Waals surface area contributed by atoms with E-state index in [0.29, 0.717) is 28.2 Å². The standard InChI is InChI=1S/C18H15ClF2N4OS/c19-11-4-5-14-10(6-11)7-25-8-15(27-14)17(25)24(23-9-22)12-2-1-3-13(16(12)25)26-18(20)21/h1-2,4-6,13,15,17-18H,3,7-8H2/q+2/t13?,15-,17?,25-/m1/s1. The second-order valence-corrected chi connectivity index (χ2v) is 8.75. The van der Waals surface area contributed by atoms with Crippen LogP contribution in [-0.2, 0) is 11.3 Å². The molecule has 0 aromatic heterocycles. The predicted octanol–water partition coefficient (Wildman–Crippen LogP) is 4.21. The number of hydrogen-bond donors (Lipinski definition) is 0. The van der Waals surface area contributed by atoms with Crippen molar-refractivity contribution >= 4 is 23.4 Å². The molecule has 138 valence electrons. The molecule has 5 nitrogen and oxygen atoms in total. The molecule has 1 aromatic carbocycles. The van der Waals surface area contributed by atoms with Gasteiger partial charge in [0.25, 0.3) is 11.9 Å². The van der Waals surface area contributed by atoms with Crippen LogP contribution in [0.25, 0.3) is 0 Å². The van der Waals surface area contributed by atoms with Crippen LogP contribution in [-0.4, -0.2) is 39.9 Å². The van der Waals surface area contributed by atoms with Crippen LogP contribution in [0.4, 0.5) is 8.78 Å². The molecule has 0 amide bonds. The molecule has 1 saturated heterocycles. The van der Waals surface area contributed by atoms with Gasteiger partial charge in [-0.1, -0.05) is 17.7 Å². The third kappa shape index (κ3) is 2.42. The van der Waals surface area contributed by atoms with E-state index in [1.165, 1.54) is 0 Å². The van der Waals surface area contributed by atoms with E-state index in [2.05, 4.69) is 5.11 Å². The van der Waals surface area contributed by atoms with Crippen molar-refractivity contribution in [1.82, 2.24) is 0 Å². The summed E-state index contributed by atoms with van der Waals surface area (Å²) in [5.41, 5.74) is 2.60. The van der Waals surface area contributed by atoms with Crippen LogP contribution in [0.5, 0.6) is 0 Å². The number of azo groups is 2. The van der Waals surface area contributed by atoms with Gasteiger partial charge in [-0.3, -0.25) is 0 Å². The first kappa shape index (κ1) is 17.3. The highest BCUT2D eigenvalue weighted by molar-refractivity contribution is 8.00. The smallest absolute Gasteiger partial charge is 0.308 e. The molecule has 2 unspecified atom stereocenters. The molecule has 0 N–H and O–H groups in total. The van der Waals surface area contributed by atoms with Crippen molar-refractivity contribution in [1.29, 1.82) is 5.26 Å². The van der Waals surface area contributed by atoms with E-state index in [4.69, 9.17) is 16.3 Å². The molecule has 3 aliphatic heterocycles. The Hall–Kier alpha value is -1.79. The van der Waals surface area contributed by atoms with Gasteiger partial charge in [0.2, 0.25) is 5.70 Å². The maximum atomic E-state index is 13.1. The summed E-state index contributed by atoms with van der Waals surface area (Å²) in [6.07, 6.45) is 5.12. The number of nitriles is 1. The minimum absolute atomic E-state index is 0.0997. The van der Waals surface area contributed by atoms with Gasteiger partial charge in [0.1, 0.15) is 19.2 Å². The van der Waals surface area contributed by atoms with Crippen molar-refractivity contribution in [2.24, 2.45) is 5.11 Å². The predicted molar refractivity (Wildman–Crippen MR) is 93.7 cm³/mol. The highest BCUT2D eigenvalue weighted by Crippen LogP contribution is 2.56. The number of quaternary nitrogens is 1. The topological polar surface area (TPSA) is 48.4 Å². The summed E-state index contributed by atoms with van der Waals surface area (Å²) in [6, 6.07) is 5.82. The average Bonchev–Trinajstić information content (AvgIpc) is 2.73. The van der Waals surface area contributed by atoms with Crippen LogP contribution >= 0.6 is 23.4 Å². The molecular formula is C18H15ClF2N4OS+2. The molecule has 27 heavy (non-hydrogen) atoms. The lowest BCUT2D eigenvalue weighted by atomic mass is 9.96. The van der Waals surface area contributed by atoms with E-state index >= 15 is 0 Å². The Morgan fingerprint density at radius 3 is 3.07 bits per heavy atom. The Kier molecular flexibility index (Phi) is 3.92. The lowest BCUT2D eigenvalue weighted by Gasteiger charge is -2.47. The lowest BCUT2D eigenvalue weighted by molar-refractivity contribution is -1.03. The Labute approximate surface area is 163 Å². The third-order valence-electron chi connectivity index (χ3n) is 5.69. The number of ether oxygens (including phenoxy) is 1. The highest BCUT2D eigenvalue weighted by Gasteiger charge is 2.74. The Bertz CT molecular complexity index is 973. The first-order valence-corrected chi connectivity index (χ1v) is 9.85. The molecular weight excluding hydrogens is 394 g/mol. The number of alkyl halides is 2. The fourth-order valence-corrected chi connectivity index (χ4v) is 6.58. The Morgan fingerprint density at radius 2 is 2.30 bits per heavy atom. The molecule has 0 radical (unpaired) electrons. The quantitative estimate of drug-likeness (QED) is 0.418. The summed E-state index contributed by atoms with van der Waals surface area (Å²) in [4.78, 5) is 1.14. The van der Waals surface area contributed by atoms with Crippen molar-refractivity contribution in [2.45, 2.75) is 42.0 Å². The van der Waals surface area contributed by atoms with Crippen LogP contribution in [0, 0.1) is 11.5 Å². The zero-order valence-electron chi connectivity index (χ0n) is 14.1. The zero-order valence-corrected chi connectivity index (χ0v) is 15.6. The number of rotatable bonds is 2. The normalized spacial score (nSPS) is 34.6. The maximum Gasteiger partial charge on any atom is 0.346 e. The van der Waals surface area contributed by atoms with Gasteiger partial charge in [-0.15, -0.1) is 11.8 Å². The van der Waals surface area contributed by atoms with Crippen molar-refractivity contribution in [3.8, 4) is 6.19 Å². The number of allylic oxidation sites excluding steroid dienone is 1. The fraction of sp³-hybridized carbons (Fsp3) is 0.389. The molecule has 0 saturated carbocycles. The van der Waals surface area contributed by atoms with Crippen LogP contribution in [0.1, 0.15) is 12.0 Å². The van der Waals surface area contributed by atoms with Crippen molar-refractivity contribution in [3.63, 3.8) is 0 Å². The molecule has 1 spiro atoms. The van der Waals surface area contributed by atoms with Crippen molar-refractivity contribution in [2.75, 3.05) is 6.54 Å². The summed E-state index contributed by atoms with van der Waals surface area (Å²) < 4.78 is 33.3. The molecule has 3 heterocycles. The van der Waals surface area contributed by atoms with Gasteiger partial charge in [-0.05, 0) is 22.9 Å². The Morgan fingerprint density at radius 1 is 1.44 bits per heavy atom. The van der Waals surface area contributed by atoms with E-state index < -0.39 is 12.7 Å². The third-order valence-corrected chi connectivity index (χ3v) is 7.27. The van der Waals surface area contributed by atoms with Gasteiger partial charge in [-0.25, -0.2) is 4.48 Å². The largest absolute Gasteiger partial charge is 0.346 e. The maximum absolute atomic E-state index is 13.1. The van der Waals surface area contributed by atoms with E-state index in [0.717, 1.165) is 22.7 Å². The number of halogens is 3. The monoisotopic (exact) mass is 408 g/mol. The molecule has 1 aliphatic carbocycles. The van der Waals surface area contributed by atoms with Crippen LogP contribution in [0.2, 0.25) is 5.02 Å². The second kappa shape index (κ2) is 6.11. The highest BCUT2D eigenvalue weighted by atomic mass is 35.5. The number of benzene rings is 1. The summed E-state index contributed by atoms with van der Waals surface area (Å²) in [5, 5.41) is 14.1. The molecule has 5 rings (SSSR count). The molecule has 2 bridgehead atoms. The van der Waals surface area contributed by atoms with Crippen molar-refractivity contribution < 1.29 is 22.7 Å². The molecule has 4 atom stereocenters. The number of nitrogens with zero attached hydrogens (tertiary/aromatic N) is 4. The first-order chi connectivity index (χ1) is 13.0. The average molecular weight is 409 g/mol. The van der Waals surface area contributed by atoms with Gasteiger partial charge in [-0.2, -0.15) is 14.0 Å². The van der Waals surface area contributed by atoms with Gasteiger partial charge < -0.3 is 4.74 Å². The van der Waals surface area contributed by atoms with Crippen LogP contribution < -0.4 is 0 Å². The molecule has 4 aliphatic rings. The Balaban J connectivity index is 1.67. The first-order valence-electron chi connectivity index (χ1n) is 8.59. The summed E-state index contributed by atoms with van der Waals surface area (Å²) in [7, 11) is 0. The van der Waals surface area contributed by atoms with Gasteiger partial charge in [0.15, 0.2) is 5.25 Å². The molecule has 1 aromatic rings. The van der Waals surface area contributed by atoms with Gasteiger partial charge >= 0.3 is 12.8 Å². The number of fused-ring (bicyclic) bond motifs is 3. The molecule has 9 heteroatoms. The second-order valence-electron chi connectivity index (χ2n) is 7.04. The van der Waals surface area contributed by atoms with Crippen LogP contribution in [0.15, 0.2) is 51.8 Å². The summed E-state index contributed by atoms with van der Waals surface area (Å²) in [5.74, 6) is 0. The van der Waals surface area contributed by atoms with E-state index in [-0.39, 0.29) is 11.4 Å². The van der Waals surface area contributed by atoms with Crippen molar-refractivity contribution in [3.05, 3.63) is 52.3 Å². The SMILES string of the molecule is N#CN=[N+]1C2=C(C(OC(F)F)CC=C2)[N@@+]23Cc4cc(Cl)ccc4S[C@H](C2)C13. The fourth-order valence-electron chi connectivity index (χ4n) is 4.83. The minimum Gasteiger partial charge on any atom is -0.308 e. The summed E-state index contributed by atoms with van der Waals surface area (Å²) >= 11 is 7.95. The molecule has 1 fully saturated rings. The van der Waals surface area contributed by atoms with Crippen LogP contribution in [0.3, 0.4) is 0 Å². The van der Waals surface area contributed by atoms with Gasteiger partial charge in [0.05, 0.1) is 5.11 Å². The van der Waals surface area contributed by atoms with E-state index in [9.17, 15) is 14.0 Å². The summed E-state index contributed by atoms with van der Waals surface area (Å²) in [6.45, 7) is -1.44. The van der Waals surface area contributed by atoms with Gasteiger partial charge in [0, 0.05) is 28.0 Å². The van der Waals surface area contributed by atoms with E-state index in [1.807, 2.05) is 36.5 Å². The minimum atomic E-state index is -2.85. The van der Waals surface area contributed by atoms with E-state index in [1.54, 1.807) is 16.5 Å². The zero-order chi connectivity index (χ0) is 18.8. The lowest BCUT2D eigenvalue weighted by Crippen LogP contribution is -2.71. The number of hydrogen-bond acceptors (Lipinski definition) is 4. The number of thioether (sulfide) groups is 1.